The largest absolute Gasteiger partial charge is 0.305 e. The summed E-state index contributed by atoms with van der Waals surface area (Å²) in [7, 11) is 0. The maximum absolute atomic E-state index is 11.7. The molecule has 0 heterocycles. The molecule has 0 saturated heterocycles. The molecular weight excluding hydrogens is 370 g/mol. The van der Waals surface area contributed by atoms with Crippen molar-refractivity contribution in [2.24, 2.45) is 16.4 Å². The van der Waals surface area contributed by atoms with Crippen molar-refractivity contribution >= 4 is 36.1 Å². The first kappa shape index (κ1) is 27.8. The van der Waals surface area contributed by atoms with Crippen LogP contribution >= 0.6 is 24.6 Å². The van der Waals surface area contributed by atoms with E-state index in [0.29, 0.717) is 17.5 Å². The van der Waals surface area contributed by atoms with E-state index in [9.17, 15) is 14.5 Å². The monoisotopic (exact) mass is 407 g/mol. The van der Waals surface area contributed by atoms with Crippen molar-refractivity contribution in [3.8, 4) is 0 Å². The molecule has 0 aliphatic rings. The van der Waals surface area contributed by atoms with Crippen LogP contribution in [0.15, 0.2) is 4.58 Å². The Hall–Kier alpha value is -0.440. The number of Topliss-reactive ketones (excluding diaryl/α,β-unsaturated/α-hetero) is 2. The van der Waals surface area contributed by atoms with Crippen LogP contribution in [0.2, 0.25) is 0 Å². The van der Waals surface area contributed by atoms with Gasteiger partial charge in [-0.05, 0) is 0 Å². The van der Waals surface area contributed by atoms with Crippen LogP contribution in [0.25, 0.3) is 0 Å². The van der Waals surface area contributed by atoms with E-state index in [1.165, 1.54) is 0 Å². The molecule has 2 N–H and O–H groups in total. The van der Waals surface area contributed by atoms with Crippen LogP contribution in [0.1, 0.15) is 55.4 Å². The van der Waals surface area contributed by atoms with Gasteiger partial charge in [-0.3, -0.25) is 9.59 Å². The van der Waals surface area contributed by atoms with Crippen molar-refractivity contribution in [2.45, 2.75) is 79.6 Å². The number of thiol groups is 1. The third-order valence-electron chi connectivity index (χ3n) is 3.37. The van der Waals surface area contributed by atoms with Crippen molar-refractivity contribution in [1.82, 2.24) is 10.6 Å². The molecule has 0 aromatic heterocycles. The summed E-state index contributed by atoms with van der Waals surface area (Å²) in [6.45, 7) is 15.6. The number of nitrogens with zero attached hydrogens (tertiary/aromatic N) is 1. The fourth-order valence-electron chi connectivity index (χ4n) is 2.15. The maximum atomic E-state index is 11.7. The van der Waals surface area contributed by atoms with Crippen molar-refractivity contribution in [1.29, 1.82) is 0 Å². The summed E-state index contributed by atoms with van der Waals surface area (Å²) in [5, 5.41) is 6.31. The average Bonchev–Trinajstić information content (AvgIpc) is 2.54. The van der Waals surface area contributed by atoms with Crippen LogP contribution in [-0.4, -0.2) is 47.2 Å². The van der Waals surface area contributed by atoms with Gasteiger partial charge in [0.25, 0.3) is 0 Å². The predicted molar refractivity (Wildman–Crippen MR) is 116 cm³/mol. The highest BCUT2D eigenvalue weighted by Crippen LogP contribution is 2.09. The normalized spacial score (nSPS) is 13.6. The van der Waals surface area contributed by atoms with Gasteiger partial charge in [0.1, 0.15) is 0 Å². The minimum atomic E-state index is -0.266. The van der Waals surface area contributed by atoms with E-state index in [0.717, 1.165) is 11.9 Å². The number of ketones is 2. The fraction of sp³-hybridized carbons (Fsp3) is 0.889. The molecule has 6 nitrogen and oxygen atoms in total. The lowest BCUT2D eigenvalue weighted by molar-refractivity contribution is -0.124. The highest BCUT2D eigenvalue weighted by atomic mass is 32.2. The molecule has 0 spiro atoms. The van der Waals surface area contributed by atoms with Gasteiger partial charge in [-0.25, -0.2) is 0 Å². The molecule has 26 heavy (non-hydrogen) atoms. The van der Waals surface area contributed by atoms with E-state index in [1.807, 2.05) is 55.4 Å². The van der Waals surface area contributed by atoms with Crippen LogP contribution in [0.4, 0.5) is 0 Å². The number of hydrogen-bond acceptors (Lipinski definition) is 8. The lowest BCUT2D eigenvalue weighted by atomic mass is 10.0. The summed E-state index contributed by atoms with van der Waals surface area (Å²) in [6, 6.07) is 0.214. The molecule has 2 atom stereocenters. The smallest absolute Gasteiger partial charge is 0.153 e. The summed E-state index contributed by atoms with van der Waals surface area (Å²) in [5.41, 5.74) is 0. The summed E-state index contributed by atoms with van der Waals surface area (Å²) < 4.78 is 2.70. The van der Waals surface area contributed by atoms with Crippen LogP contribution in [0.5, 0.6) is 0 Å². The van der Waals surface area contributed by atoms with Crippen molar-refractivity contribution in [3.63, 3.8) is 0 Å². The zero-order chi connectivity index (χ0) is 20.9. The Kier molecular flexibility index (Phi) is 16.7. The molecule has 2 unspecified atom stereocenters. The van der Waals surface area contributed by atoms with E-state index in [1.54, 1.807) is 0 Å². The molecule has 0 aliphatic carbocycles. The second kappa shape index (κ2) is 15.6. The van der Waals surface area contributed by atoms with Crippen molar-refractivity contribution < 1.29 is 9.59 Å². The van der Waals surface area contributed by atoms with Gasteiger partial charge in [0, 0.05) is 52.0 Å². The van der Waals surface area contributed by atoms with Crippen LogP contribution in [0, 0.1) is 16.7 Å². The van der Waals surface area contributed by atoms with Gasteiger partial charge in [-0.1, -0.05) is 55.4 Å². The standard InChI is InChI=1S/C9H18N2O2S.C9H19NOS/c1-6(2)9(12)8(5-14-11-13)10-7(3)4;1-6(2)9(11)8(5-12)10-7(3)4/h6-8,10H,5H2,1-4H3;6-8,10,12H,5H2,1-4H3. The van der Waals surface area contributed by atoms with Gasteiger partial charge in [0.05, 0.1) is 12.1 Å². The lowest BCUT2D eigenvalue weighted by Gasteiger charge is -2.20. The van der Waals surface area contributed by atoms with E-state index in [2.05, 4.69) is 27.8 Å². The Labute approximate surface area is 168 Å². The van der Waals surface area contributed by atoms with Gasteiger partial charge in [0.15, 0.2) is 11.6 Å². The number of nitroso groups, excluding NO2 is 1. The maximum Gasteiger partial charge on any atom is 0.153 e. The molecule has 154 valence electrons. The number of nitrogens with one attached hydrogen (secondary N) is 2. The molecule has 0 saturated carbocycles. The molecule has 0 aromatic rings. The highest BCUT2D eigenvalue weighted by Gasteiger charge is 2.22. The zero-order valence-electron chi connectivity index (χ0n) is 17.4. The minimum Gasteiger partial charge on any atom is -0.305 e. The molecule has 0 rings (SSSR count). The third-order valence-corrected chi connectivity index (χ3v) is 4.32. The minimum absolute atomic E-state index is 0.0153. The molecule has 8 heteroatoms. The van der Waals surface area contributed by atoms with Gasteiger partial charge in [-0.15, -0.1) is 4.91 Å². The Balaban J connectivity index is 0. The molecule has 0 aliphatic heterocycles. The summed E-state index contributed by atoms with van der Waals surface area (Å²) >= 11 is 5.03. The molecule has 0 amide bonds. The van der Waals surface area contributed by atoms with Gasteiger partial charge < -0.3 is 10.6 Å². The average molecular weight is 408 g/mol. The van der Waals surface area contributed by atoms with E-state index in [-0.39, 0.29) is 41.5 Å². The molecule has 0 fully saturated rings. The molecular formula is C18H37N3O3S2. The molecule has 0 bridgehead atoms. The third kappa shape index (κ3) is 13.7. The highest BCUT2D eigenvalue weighted by molar-refractivity contribution is 7.97. The SMILES string of the molecule is CC(C)NC(CS)C(=O)C(C)C.CC(C)NC(CSN=O)C(=O)C(C)C. The summed E-state index contributed by atoms with van der Waals surface area (Å²) in [5.74, 6) is 1.45. The quantitative estimate of drug-likeness (QED) is 0.261. The Morgan fingerprint density at radius 2 is 1.23 bits per heavy atom. The van der Waals surface area contributed by atoms with E-state index in [4.69, 9.17) is 0 Å². The number of carbonyl (C=O) groups is 2. The first-order chi connectivity index (χ1) is 12.0. The Bertz CT molecular complexity index is 416. The van der Waals surface area contributed by atoms with Crippen LogP contribution < -0.4 is 10.6 Å². The van der Waals surface area contributed by atoms with Gasteiger partial charge in [0.2, 0.25) is 0 Å². The van der Waals surface area contributed by atoms with Crippen LogP contribution in [-0.2, 0) is 9.59 Å². The van der Waals surface area contributed by atoms with Crippen molar-refractivity contribution in [3.05, 3.63) is 4.91 Å². The second-order valence-corrected chi connectivity index (χ2v) is 8.52. The first-order valence-corrected chi connectivity index (χ1v) is 10.7. The topological polar surface area (TPSA) is 87.6 Å². The Morgan fingerprint density at radius 3 is 1.54 bits per heavy atom. The van der Waals surface area contributed by atoms with Crippen LogP contribution in [0.3, 0.4) is 0 Å². The Morgan fingerprint density at radius 1 is 0.846 bits per heavy atom. The van der Waals surface area contributed by atoms with Gasteiger partial charge >= 0.3 is 0 Å². The second-order valence-electron chi connectivity index (χ2n) is 7.41. The first-order valence-electron chi connectivity index (χ1n) is 9.12. The summed E-state index contributed by atoms with van der Waals surface area (Å²) in [6.07, 6.45) is 0. The van der Waals surface area contributed by atoms with Crippen molar-refractivity contribution in [2.75, 3.05) is 11.5 Å². The lowest BCUT2D eigenvalue weighted by Crippen LogP contribution is -2.44. The number of rotatable bonds is 12. The fourth-order valence-corrected chi connectivity index (χ4v) is 2.91. The molecule has 0 aromatic carbocycles. The van der Waals surface area contributed by atoms with E-state index >= 15 is 0 Å². The predicted octanol–water partition coefficient (Wildman–Crippen LogP) is 3.50. The zero-order valence-corrected chi connectivity index (χ0v) is 19.1. The summed E-state index contributed by atoms with van der Waals surface area (Å²) in [4.78, 5) is 33.1. The molecule has 0 radical (unpaired) electrons. The van der Waals surface area contributed by atoms with Gasteiger partial charge in [-0.2, -0.15) is 12.6 Å². The van der Waals surface area contributed by atoms with E-state index < -0.39 is 0 Å². The number of hydrogen-bond donors (Lipinski definition) is 3. The number of carbonyl (C=O) groups excluding carboxylic acids is 2.